The summed E-state index contributed by atoms with van der Waals surface area (Å²) in [6.07, 6.45) is 22.4. The van der Waals surface area contributed by atoms with Crippen LogP contribution in [0.4, 0.5) is 0 Å². The Morgan fingerprint density at radius 1 is 0.571 bits per heavy atom. The van der Waals surface area contributed by atoms with Crippen molar-refractivity contribution in [3.63, 3.8) is 0 Å². The minimum Gasteiger partial charge on any atom is -0.309 e. The zero-order chi connectivity index (χ0) is 26.2. The van der Waals surface area contributed by atoms with Crippen molar-refractivity contribution in [2.24, 2.45) is 11.8 Å². The van der Waals surface area contributed by atoms with Crippen molar-refractivity contribution >= 4 is 7.60 Å². The van der Waals surface area contributed by atoms with Crippen molar-refractivity contribution in [1.29, 1.82) is 0 Å². The monoisotopic (exact) mass is 517 g/mol. The van der Waals surface area contributed by atoms with E-state index in [9.17, 15) is 4.57 Å². The first kappa shape index (κ1) is 35.1. The van der Waals surface area contributed by atoms with Crippen LogP contribution in [0.3, 0.4) is 0 Å². The van der Waals surface area contributed by atoms with Gasteiger partial charge in [-0.25, -0.2) is 0 Å². The first-order valence-corrected chi connectivity index (χ1v) is 17.2. The van der Waals surface area contributed by atoms with Crippen LogP contribution in [0.2, 0.25) is 0 Å². The lowest BCUT2D eigenvalue weighted by molar-refractivity contribution is 0.146. The molecule has 4 nitrogen and oxygen atoms in total. The molecule has 0 aliphatic carbocycles. The van der Waals surface area contributed by atoms with E-state index in [1.54, 1.807) is 0 Å². The standard InChI is InChI=1S/C30H64NO3P/c1-7-11-15-17-23-29(21-13-9-3)27-33-35(32,26-20-19-25-31(5)6)34-28-30(22-14-10-4)24-18-16-12-8-2/h29-30H,7-28H2,1-6H3. The van der Waals surface area contributed by atoms with Crippen molar-refractivity contribution in [2.45, 2.75) is 143 Å². The van der Waals surface area contributed by atoms with Gasteiger partial charge in [-0.05, 0) is 71.0 Å². The molecule has 0 aromatic heterocycles. The summed E-state index contributed by atoms with van der Waals surface area (Å²) in [5.41, 5.74) is 0. The second kappa shape index (κ2) is 24.4. The van der Waals surface area contributed by atoms with E-state index in [-0.39, 0.29) is 0 Å². The van der Waals surface area contributed by atoms with Gasteiger partial charge in [-0.15, -0.1) is 0 Å². The Hall–Kier alpha value is 0.110. The molecule has 0 heterocycles. The van der Waals surface area contributed by atoms with Crippen molar-refractivity contribution in [2.75, 3.05) is 40.0 Å². The van der Waals surface area contributed by atoms with Gasteiger partial charge in [0.15, 0.2) is 0 Å². The van der Waals surface area contributed by atoms with Crippen LogP contribution in [-0.4, -0.2) is 44.9 Å². The molecule has 35 heavy (non-hydrogen) atoms. The minimum absolute atomic E-state index is 0.510. The maximum absolute atomic E-state index is 13.9. The molecule has 0 N–H and O–H groups in total. The summed E-state index contributed by atoms with van der Waals surface area (Å²) in [5, 5.41) is 0. The molecule has 2 unspecified atom stereocenters. The van der Waals surface area contributed by atoms with Gasteiger partial charge in [0, 0.05) is 0 Å². The average molecular weight is 518 g/mol. The molecule has 0 spiro atoms. The van der Waals surface area contributed by atoms with Gasteiger partial charge in [0.2, 0.25) is 0 Å². The highest BCUT2D eigenvalue weighted by atomic mass is 31.2. The third-order valence-corrected chi connectivity index (χ3v) is 9.11. The van der Waals surface area contributed by atoms with E-state index in [2.05, 4.69) is 46.7 Å². The molecule has 5 heteroatoms. The van der Waals surface area contributed by atoms with Gasteiger partial charge in [0.1, 0.15) is 0 Å². The normalized spacial score (nSPS) is 15.4. The Balaban J connectivity index is 5.03. The van der Waals surface area contributed by atoms with Gasteiger partial charge < -0.3 is 13.9 Å². The van der Waals surface area contributed by atoms with Crippen LogP contribution >= 0.6 is 7.60 Å². The number of nitrogens with zero attached hydrogens (tertiary/aromatic N) is 1. The lowest BCUT2D eigenvalue weighted by Crippen LogP contribution is -2.16. The Kier molecular flexibility index (Phi) is 24.5. The summed E-state index contributed by atoms with van der Waals surface area (Å²) < 4.78 is 26.5. The van der Waals surface area contributed by atoms with Crippen LogP contribution in [-0.2, 0) is 13.6 Å². The summed E-state index contributed by atoms with van der Waals surface area (Å²) in [6.45, 7) is 11.3. The lowest BCUT2D eigenvalue weighted by Gasteiger charge is -2.25. The molecule has 0 bridgehead atoms. The van der Waals surface area contributed by atoms with E-state index in [4.69, 9.17) is 9.05 Å². The van der Waals surface area contributed by atoms with E-state index in [1.807, 2.05) is 0 Å². The van der Waals surface area contributed by atoms with E-state index >= 15 is 0 Å². The molecular formula is C30H64NO3P. The summed E-state index contributed by atoms with van der Waals surface area (Å²) in [6, 6.07) is 0. The molecule has 0 aliphatic heterocycles. The van der Waals surface area contributed by atoms with Crippen molar-refractivity contribution in [3.05, 3.63) is 0 Å². The SMILES string of the molecule is CCCCCCC(CCCC)COP(=O)(CCCCN(C)C)OCC(CCCC)CCCCCC. The average Bonchev–Trinajstić information content (AvgIpc) is 2.84. The fourth-order valence-electron chi connectivity index (χ4n) is 4.66. The summed E-state index contributed by atoms with van der Waals surface area (Å²) in [5.74, 6) is 1.02. The molecule has 0 aliphatic rings. The molecule has 0 aromatic rings. The molecule has 0 saturated heterocycles. The second-order valence-corrected chi connectivity index (χ2v) is 13.3. The first-order valence-electron chi connectivity index (χ1n) is 15.4. The molecule has 0 aromatic carbocycles. The second-order valence-electron chi connectivity index (χ2n) is 11.2. The van der Waals surface area contributed by atoms with Crippen LogP contribution in [0.25, 0.3) is 0 Å². The van der Waals surface area contributed by atoms with Crippen molar-refractivity contribution in [1.82, 2.24) is 4.90 Å². The van der Waals surface area contributed by atoms with E-state index in [0.29, 0.717) is 31.2 Å². The predicted molar refractivity (Wildman–Crippen MR) is 156 cm³/mol. The summed E-state index contributed by atoms with van der Waals surface area (Å²) in [7, 11) is 1.14. The van der Waals surface area contributed by atoms with Gasteiger partial charge in [0.05, 0.1) is 19.4 Å². The Labute approximate surface area is 221 Å². The maximum Gasteiger partial charge on any atom is 0.330 e. The Bertz CT molecular complexity index is 454. The van der Waals surface area contributed by atoms with Crippen LogP contribution in [0.5, 0.6) is 0 Å². The van der Waals surface area contributed by atoms with Gasteiger partial charge in [-0.1, -0.05) is 105 Å². The van der Waals surface area contributed by atoms with Crippen molar-refractivity contribution < 1.29 is 13.6 Å². The Morgan fingerprint density at radius 2 is 1.00 bits per heavy atom. The third kappa shape index (κ3) is 21.9. The highest BCUT2D eigenvalue weighted by Gasteiger charge is 2.27. The summed E-state index contributed by atoms with van der Waals surface area (Å²) in [4.78, 5) is 2.20. The highest BCUT2D eigenvalue weighted by molar-refractivity contribution is 7.53. The van der Waals surface area contributed by atoms with E-state index < -0.39 is 7.60 Å². The zero-order valence-corrected chi connectivity index (χ0v) is 25.7. The molecule has 2 atom stereocenters. The summed E-state index contributed by atoms with van der Waals surface area (Å²) >= 11 is 0. The molecule has 0 saturated carbocycles. The van der Waals surface area contributed by atoms with Crippen LogP contribution in [0.1, 0.15) is 143 Å². The maximum atomic E-state index is 13.9. The fraction of sp³-hybridized carbons (Fsp3) is 1.00. The first-order chi connectivity index (χ1) is 16.9. The zero-order valence-electron chi connectivity index (χ0n) is 24.8. The third-order valence-electron chi connectivity index (χ3n) is 7.16. The van der Waals surface area contributed by atoms with Gasteiger partial charge in [0.25, 0.3) is 0 Å². The van der Waals surface area contributed by atoms with Crippen molar-refractivity contribution in [3.8, 4) is 0 Å². The van der Waals surface area contributed by atoms with Gasteiger partial charge >= 0.3 is 7.60 Å². The largest absolute Gasteiger partial charge is 0.330 e. The number of hydrogen-bond acceptors (Lipinski definition) is 4. The van der Waals surface area contributed by atoms with Crippen LogP contribution in [0, 0.1) is 11.8 Å². The number of rotatable bonds is 27. The molecule has 0 rings (SSSR count). The molecule has 0 amide bonds. The molecule has 212 valence electrons. The fourth-order valence-corrected chi connectivity index (χ4v) is 6.48. The van der Waals surface area contributed by atoms with Gasteiger partial charge in [-0.2, -0.15) is 0 Å². The van der Waals surface area contributed by atoms with E-state index in [0.717, 1.165) is 19.4 Å². The van der Waals surface area contributed by atoms with E-state index in [1.165, 1.54) is 103 Å². The van der Waals surface area contributed by atoms with Crippen LogP contribution < -0.4 is 0 Å². The van der Waals surface area contributed by atoms with Crippen LogP contribution in [0.15, 0.2) is 0 Å². The number of hydrogen-bond donors (Lipinski definition) is 0. The topological polar surface area (TPSA) is 38.8 Å². The highest BCUT2D eigenvalue weighted by Crippen LogP contribution is 2.50. The predicted octanol–water partition coefficient (Wildman–Crippen LogP) is 10.1. The Morgan fingerprint density at radius 3 is 1.40 bits per heavy atom. The van der Waals surface area contributed by atoms with Gasteiger partial charge in [-0.3, -0.25) is 4.57 Å². The molecule has 0 radical (unpaired) electrons. The smallest absolute Gasteiger partial charge is 0.309 e. The quantitative estimate of drug-likeness (QED) is 0.0802. The molecule has 0 fully saturated rings. The number of unbranched alkanes of at least 4 members (excludes halogenated alkanes) is 9. The minimum atomic E-state index is -3.06. The molecular weight excluding hydrogens is 453 g/mol. The lowest BCUT2D eigenvalue weighted by atomic mass is 9.96.